The number of nitrogens with zero attached hydrogens (tertiary/aromatic N) is 1. The third-order valence-corrected chi connectivity index (χ3v) is 3.21. The molecule has 2 aromatic rings. The fourth-order valence-electron chi connectivity index (χ4n) is 2.08. The number of rotatable bonds is 5. The van der Waals surface area contributed by atoms with Gasteiger partial charge in [0.2, 0.25) is 0 Å². The Morgan fingerprint density at radius 2 is 1.81 bits per heavy atom. The van der Waals surface area contributed by atoms with Crippen molar-refractivity contribution in [2.75, 3.05) is 6.61 Å². The summed E-state index contributed by atoms with van der Waals surface area (Å²) >= 11 is 0. The van der Waals surface area contributed by atoms with Gasteiger partial charge in [-0.25, -0.2) is 0 Å². The first-order chi connectivity index (χ1) is 10.0. The van der Waals surface area contributed by atoms with E-state index in [0.717, 1.165) is 5.56 Å². The van der Waals surface area contributed by atoms with Crippen LogP contribution < -0.4 is 4.74 Å². The minimum absolute atomic E-state index is 0.0113. The number of carbonyl (C=O) groups is 1. The number of carbonyl (C=O) groups excluding carboxylic acids is 1. The van der Waals surface area contributed by atoms with Crippen molar-refractivity contribution in [3.8, 4) is 5.75 Å². The summed E-state index contributed by atoms with van der Waals surface area (Å²) in [6.07, 6.45) is 0. The van der Waals surface area contributed by atoms with E-state index in [1.165, 1.54) is 6.07 Å². The van der Waals surface area contributed by atoms with E-state index in [2.05, 4.69) is 0 Å². The van der Waals surface area contributed by atoms with Crippen LogP contribution in [0.1, 0.15) is 21.5 Å². The zero-order chi connectivity index (χ0) is 15.4. The number of hydrogen-bond acceptors (Lipinski definition) is 4. The van der Waals surface area contributed by atoms with E-state index in [1.54, 1.807) is 44.2 Å². The van der Waals surface area contributed by atoms with Gasteiger partial charge >= 0.3 is 0 Å². The maximum atomic E-state index is 12.0. The van der Waals surface area contributed by atoms with Gasteiger partial charge in [-0.1, -0.05) is 30.3 Å². The van der Waals surface area contributed by atoms with Gasteiger partial charge in [0, 0.05) is 11.6 Å². The molecular formula is C16H15NO4. The van der Waals surface area contributed by atoms with Crippen LogP contribution in [0.5, 0.6) is 5.75 Å². The van der Waals surface area contributed by atoms with Crippen molar-refractivity contribution in [2.24, 2.45) is 0 Å². The highest BCUT2D eigenvalue weighted by Gasteiger charge is 2.17. The molecule has 5 heteroatoms. The highest BCUT2D eigenvalue weighted by molar-refractivity contribution is 5.97. The second-order valence-corrected chi connectivity index (χ2v) is 4.69. The first-order valence-electron chi connectivity index (χ1n) is 6.46. The minimum Gasteiger partial charge on any atom is -0.485 e. The highest BCUT2D eigenvalue weighted by atomic mass is 16.6. The molecule has 0 aliphatic heterocycles. The number of nitro benzene ring substituents is 1. The molecule has 0 unspecified atom stereocenters. The third-order valence-electron chi connectivity index (χ3n) is 3.21. The minimum atomic E-state index is -0.458. The summed E-state index contributed by atoms with van der Waals surface area (Å²) in [5.41, 5.74) is 1.74. The summed E-state index contributed by atoms with van der Waals surface area (Å²) in [6, 6.07) is 11.8. The highest BCUT2D eigenvalue weighted by Crippen LogP contribution is 2.30. The van der Waals surface area contributed by atoms with Gasteiger partial charge in [-0.05, 0) is 25.5 Å². The van der Waals surface area contributed by atoms with Gasteiger partial charge in [0.05, 0.1) is 10.5 Å². The number of ether oxygens (including phenoxy) is 1. The van der Waals surface area contributed by atoms with Crippen molar-refractivity contribution in [3.63, 3.8) is 0 Å². The number of aryl methyl sites for hydroxylation is 1. The van der Waals surface area contributed by atoms with E-state index in [0.29, 0.717) is 16.9 Å². The number of nitro groups is 1. The zero-order valence-corrected chi connectivity index (χ0v) is 11.8. The standard InChI is InChI=1S/C16H15NO4/c1-11-8-9-14(17(19)20)12(2)16(11)21-10-15(18)13-6-4-3-5-7-13/h3-9H,10H2,1-2H3. The summed E-state index contributed by atoms with van der Waals surface area (Å²) in [5, 5.41) is 10.9. The van der Waals surface area contributed by atoms with Crippen LogP contribution in [0.4, 0.5) is 5.69 Å². The van der Waals surface area contributed by atoms with Crippen LogP contribution in [0.25, 0.3) is 0 Å². The molecule has 0 radical (unpaired) electrons. The second-order valence-electron chi connectivity index (χ2n) is 4.69. The van der Waals surface area contributed by atoms with Crippen molar-refractivity contribution in [2.45, 2.75) is 13.8 Å². The lowest BCUT2D eigenvalue weighted by molar-refractivity contribution is -0.385. The van der Waals surface area contributed by atoms with Crippen molar-refractivity contribution in [3.05, 3.63) is 69.3 Å². The molecule has 2 rings (SSSR count). The molecule has 0 aliphatic carbocycles. The Balaban J connectivity index is 2.19. The largest absolute Gasteiger partial charge is 0.485 e. The van der Waals surface area contributed by atoms with E-state index < -0.39 is 4.92 Å². The predicted octanol–water partition coefficient (Wildman–Crippen LogP) is 3.47. The number of ketones is 1. The quantitative estimate of drug-likeness (QED) is 0.479. The van der Waals surface area contributed by atoms with Gasteiger partial charge in [-0.15, -0.1) is 0 Å². The van der Waals surface area contributed by atoms with Crippen LogP contribution in [0.15, 0.2) is 42.5 Å². The first kappa shape index (κ1) is 14.7. The third kappa shape index (κ3) is 3.25. The Hall–Kier alpha value is -2.69. The van der Waals surface area contributed by atoms with Gasteiger partial charge in [0.1, 0.15) is 5.75 Å². The van der Waals surface area contributed by atoms with Crippen LogP contribution in [-0.4, -0.2) is 17.3 Å². The second kappa shape index (κ2) is 6.17. The molecule has 0 saturated carbocycles. The molecule has 2 aromatic carbocycles. The van der Waals surface area contributed by atoms with Crippen molar-refractivity contribution < 1.29 is 14.5 Å². The molecule has 0 heterocycles. The Labute approximate surface area is 122 Å². The Bertz CT molecular complexity index is 680. The summed E-state index contributed by atoms with van der Waals surface area (Å²) in [6.45, 7) is 3.26. The van der Waals surface area contributed by atoms with E-state index in [4.69, 9.17) is 4.74 Å². The van der Waals surface area contributed by atoms with Gasteiger partial charge in [-0.2, -0.15) is 0 Å². The predicted molar refractivity (Wildman–Crippen MR) is 78.8 cm³/mol. The summed E-state index contributed by atoms with van der Waals surface area (Å²) in [7, 11) is 0. The van der Waals surface area contributed by atoms with Crippen LogP contribution in [0.3, 0.4) is 0 Å². The Morgan fingerprint density at radius 1 is 1.14 bits per heavy atom. The smallest absolute Gasteiger partial charge is 0.276 e. The molecular weight excluding hydrogens is 270 g/mol. The first-order valence-corrected chi connectivity index (χ1v) is 6.46. The van der Waals surface area contributed by atoms with E-state index in [1.807, 2.05) is 6.07 Å². The number of hydrogen-bond donors (Lipinski definition) is 0. The van der Waals surface area contributed by atoms with E-state index in [-0.39, 0.29) is 18.1 Å². The Morgan fingerprint density at radius 3 is 2.43 bits per heavy atom. The van der Waals surface area contributed by atoms with Crippen LogP contribution in [0.2, 0.25) is 0 Å². The van der Waals surface area contributed by atoms with E-state index in [9.17, 15) is 14.9 Å². The molecule has 0 aromatic heterocycles. The number of Topliss-reactive ketones (excluding diaryl/α,β-unsaturated/α-hetero) is 1. The molecule has 5 nitrogen and oxygen atoms in total. The molecule has 0 amide bonds. The monoisotopic (exact) mass is 285 g/mol. The number of benzene rings is 2. The van der Waals surface area contributed by atoms with Crippen molar-refractivity contribution >= 4 is 11.5 Å². The molecule has 0 spiro atoms. The van der Waals surface area contributed by atoms with Gasteiger partial charge in [0.15, 0.2) is 12.4 Å². The lowest BCUT2D eigenvalue weighted by Gasteiger charge is -2.11. The molecule has 21 heavy (non-hydrogen) atoms. The average molecular weight is 285 g/mol. The van der Waals surface area contributed by atoms with Crippen molar-refractivity contribution in [1.29, 1.82) is 0 Å². The maximum Gasteiger partial charge on any atom is 0.276 e. The zero-order valence-electron chi connectivity index (χ0n) is 11.8. The van der Waals surface area contributed by atoms with E-state index >= 15 is 0 Å². The molecule has 0 aliphatic rings. The molecule has 0 saturated heterocycles. The lowest BCUT2D eigenvalue weighted by atomic mass is 10.1. The van der Waals surface area contributed by atoms with Crippen molar-refractivity contribution in [1.82, 2.24) is 0 Å². The average Bonchev–Trinajstić information content (AvgIpc) is 2.47. The Kier molecular flexibility index (Phi) is 4.33. The van der Waals surface area contributed by atoms with Gasteiger partial charge in [-0.3, -0.25) is 14.9 Å². The molecule has 108 valence electrons. The van der Waals surface area contributed by atoms with Crippen LogP contribution in [0, 0.1) is 24.0 Å². The van der Waals surface area contributed by atoms with Gasteiger partial charge in [0.25, 0.3) is 5.69 Å². The summed E-state index contributed by atoms with van der Waals surface area (Å²) < 4.78 is 5.52. The van der Waals surface area contributed by atoms with Crippen LogP contribution >= 0.6 is 0 Å². The fraction of sp³-hybridized carbons (Fsp3) is 0.188. The normalized spacial score (nSPS) is 10.2. The molecule has 0 fully saturated rings. The topological polar surface area (TPSA) is 69.4 Å². The van der Waals surface area contributed by atoms with Crippen LogP contribution in [-0.2, 0) is 0 Å². The molecule has 0 bridgehead atoms. The SMILES string of the molecule is Cc1ccc([N+](=O)[O-])c(C)c1OCC(=O)c1ccccc1. The van der Waals surface area contributed by atoms with Gasteiger partial charge < -0.3 is 4.74 Å². The molecule has 0 atom stereocenters. The molecule has 0 N–H and O–H groups in total. The lowest BCUT2D eigenvalue weighted by Crippen LogP contribution is -2.13. The fourth-order valence-corrected chi connectivity index (χ4v) is 2.08. The maximum absolute atomic E-state index is 12.0. The summed E-state index contributed by atoms with van der Waals surface area (Å²) in [4.78, 5) is 22.5. The summed E-state index contributed by atoms with van der Waals surface area (Å²) in [5.74, 6) is 0.231.